The van der Waals surface area contributed by atoms with Crippen LogP contribution < -0.4 is 5.32 Å². The number of rotatable bonds is 8. The van der Waals surface area contributed by atoms with Gasteiger partial charge in [-0.2, -0.15) is 0 Å². The summed E-state index contributed by atoms with van der Waals surface area (Å²) < 4.78 is 0. The number of nitrogens with zero attached hydrogens (tertiary/aromatic N) is 1. The second kappa shape index (κ2) is 11.6. The molecular weight excluding hydrogens is 400 g/mol. The summed E-state index contributed by atoms with van der Waals surface area (Å²) in [6.45, 7) is 10.7. The average molecular weight is 437 g/mol. The first-order valence-corrected chi connectivity index (χ1v) is 11.1. The highest BCUT2D eigenvalue weighted by Gasteiger charge is 2.26. The van der Waals surface area contributed by atoms with Gasteiger partial charge < -0.3 is 15.5 Å². The minimum Gasteiger partial charge on any atom is -0.506 e. The monoisotopic (exact) mass is 436 g/mol. The van der Waals surface area contributed by atoms with Crippen molar-refractivity contribution in [2.75, 3.05) is 0 Å². The largest absolute Gasteiger partial charge is 0.506 e. The maximum atomic E-state index is 12.2. The first kappa shape index (κ1) is 25.3. The SMILES string of the molecule is CC1=C(/C=C/C(C)=C/C=C/C(C)=C/C(=O)NCc2c(O)cncc2CO)C(C)(C)CCC1. The Balaban J connectivity index is 1.95. The van der Waals surface area contributed by atoms with Gasteiger partial charge in [-0.15, -0.1) is 0 Å². The molecule has 1 amide bonds. The van der Waals surface area contributed by atoms with Crippen LogP contribution in [-0.2, 0) is 17.9 Å². The van der Waals surface area contributed by atoms with Gasteiger partial charge in [-0.25, -0.2) is 0 Å². The van der Waals surface area contributed by atoms with Crippen molar-refractivity contribution in [1.82, 2.24) is 10.3 Å². The summed E-state index contributed by atoms with van der Waals surface area (Å²) in [6.07, 6.45) is 18.2. The Hall–Kier alpha value is -2.92. The van der Waals surface area contributed by atoms with E-state index in [9.17, 15) is 15.0 Å². The molecule has 0 bridgehead atoms. The maximum Gasteiger partial charge on any atom is 0.244 e. The Labute approximate surface area is 192 Å². The molecule has 1 aliphatic rings. The van der Waals surface area contributed by atoms with E-state index in [1.54, 1.807) is 0 Å². The molecule has 0 fully saturated rings. The normalized spacial score (nSPS) is 17.4. The van der Waals surface area contributed by atoms with E-state index in [0.29, 0.717) is 11.1 Å². The van der Waals surface area contributed by atoms with Crippen molar-refractivity contribution in [3.63, 3.8) is 0 Å². The molecular formula is C27H36N2O3. The molecule has 0 radical (unpaired) electrons. The van der Waals surface area contributed by atoms with Gasteiger partial charge >= 0.3 is 0 Å². The van der Waals surface area contributed by atoms with E-state index in [2.05, 4.69) is 50.1 Å². The number of hydrogen-bond donors (Lipinski definition) is 3. The minimum absolute atomic E-state index is 0.0475. The van der Waals surface area contributed by atoms with Crippen molar-refractivity contribution in [2.24, 2.45) is 5.41 Å². The number of allylic oxidation sites excluding steroid dienone is 9. The molecule has 0 saturated heterocycles. The standard InChI is InChI=1S/C27H36N2O3/c1-19(11-12-24-21(3)10-7-13-27(24,4)5)8-6-9-20(2)14-26(32)29-16-23-22(18-30)15-28-17-25(23)31/h6,8-9,11-12,14-15,17,30-31H,7,10,13,16,18H2,1-5H3,(H,29,32)/b9-6+,12-11+,19-8+,20-14+. The van der Waals surface area contributed by atoms with E-state index < -0.39 is 0 Å². The van der Waals surface area contributed by atoms with Crippen molar-refractivity contribution in [1.29, 1.82) is 0 Å². The molecule has 1 aliphatic carbocycles. The Kier molecular flexibility index (Phi) is 9.21. The van der Waals surface area contributed by atoms with Crippen molar-refractivity contribution in [3.05, 3.63) is 82.3 Å². The van der Waals surface area contributed by atoms with Crippen molar-refractivity contribution < 1.29 is 15.0 Å². The number of aliphatic hydroxyl groups is 1. The van der Waals surface area contributed by atoms with Crippen LogP contribution in [0.15, 0.2) is 71.1 Å². The highest BCUT2D eigenvalue weighted by atomic mass is 16.3. The molecule has 1 heterocycles. The molecule has 5 nitrogen and oxygen atoms in total. The predicted molar refractivity (Wildman–Crippen MR) is 130 cm³/mol. The van der Waals surface area contributed by atoms with Crippen molar-refractivity contribution in [3.8, 4) is 5.75 Å². The number of aromatic nitrogens is 1. The van der Waals surface area contributed by atoms with Crippen LogP contribution >= 0.6 is 0 Å². The van der Waals surface area contributed by atoms with E-state index >= 15 is 0 Å². The third-order valence-corrected chi connectivity index (χ3v) is 5.87. The van der Waals surface area contributed by atoms with Crippen molar-refractivity contribution >= 4 is 5.91 Å². The molecule has 3 N–H and O–H groups in total. The molecule has 172 valence electrons. The third-order valence-electron chi connectivity index (χ3n) is 5.87. The molecule has 0 atom stereocenters. The number of carbonyl (C=O) groups is 1. The number of carbonyl (C=O) groups excluding carboxylic acids is 1. The lowest BCUT2D eigenvalue weighted by atomic mass is 9.72. The topological polar surface area (TPSA) is 82.5 Å². The fourth-order valence-electron chi connectivity index (χ4n) is 3.97. The fourth-order valence-corrected chi connectivity index (χ4v) is 3.97. The number of amides is 1. The van der Waals surface area contributed by atoms with Crippen LogP contribution in [-0.4, -0.2) is 21.1 Å². The van der Waals surface area contributed by atoms with Gasteiger partial charge in [0.25, 0.3) is 0 Å². The van der Waals surface area contributed by atoms with E-state index in [4.69, 9.17) is 0 Å². The lowest BCUT2D eigenvalue weighted by Crippen LogP contribution is -2.21. The quantitative estimate of drug-likeness (QED) is 0.375. The van der Waals surface area contributed by atoms with Gasteiger partial charge in [0.05, 0.1) is 12.8 Å². The van der Waals surface area contributed by atoms with Crippen LogP contribution in [0.2, 0.25) is 0 Å². The molecule has 5 heteroatoms. The minimum atomic E-state index is -0.269. The van der Waals surface area contributed by atoms with Gasteiger partial charge in [-0.05, 0) is 56.6 Å². The first-order valence-electron chi connectivity index (χ1n) is 11.1. The molecule has 0 spiro atoms. The third kappa shape index (κ3) is 7.34. The zero-order chi connectivity index (χ0) is 23.7. The molecule has 0 aliphatic heterocycles. The molecule has 0 unspecified atom stereocenters. The van der Waals surface area contributed by atoms with Crippen molar-refractivity contribution in [2.45, 2.75) is 67.0 Å². The van der Waals surface area contributed by atoms with Crippen LogP contribution in [0.5, 0.6) is 5.75 Å². The van der Waals surface area contributed by atoms with Crippen LogP contribution in [0.3, 0.4) is 0 Å². The number of aromatic hydroxyl groups is 1. The summed E-state index contributed by atoms with van der Waals surface area (Å²) in [5, 5.41) is 22.0. The zero-order valence-corrected chi connectivity index (χ0v) is 19.9. The van der Waals surface area contributed by atoms with Gasteiger partial charge in [0.1, 0.15) is 5.75 Å². The van der Waals surface area contributed by atoms with Crippen LogP contribution in [0.4, 0.5) is 0 Å². The maximum absolute atomic E-state index is 12.2. The number of hydrogen-bond acceptors (Lipinski definition) is 4. The van der Waals surface area contributed by atoms with Gasteiger partial charge in [-0.1, -0.05) is 55.4 Å². The molecule has 2 rings (SSSR count). The molecule has 32 heavy (non-hydrogen) atoms. The second-order valence-corrected chi connectivity index (χ2v) is 9.10. The summed E-state index contributed by atoms with van der Waals surface area (Å²) in [5.74, 6) is -0.316. The highest BCUT2D eigenvalue weighted by molar-refractivity contribution is 5.88. The summed E-state index contributed by atoms with van der Waals surface area (Å²) >= 11 is 0. The summed E-state index contributed by atoms with van der Waals surface area (Å²) in [6, 6.07) is 0. The van der Waals surface area contributed by atoms with Gasteiger partial charge in [0.2, 0.25) is 5.91 Å². The predicted octanol–water partition coefficient (Wildman–Crippen LogP) is 5.43. The number of pyridine rings is 1. The molecule has 1 aromatic rings. The highest BCUT2D eigenvalue weighted by Crippen LogP contribution is 2.40. The molecule has 0 saturated carbocycles. The van der Waals surface area contributed by atoms with Crippen LogP contribution in [0, 0.1) is 5.41 Å². The molecule has 1 aromatic heterocycles. The summed E-state index contributed by atoms with van der Waals surface area (Å²) in [4.78, 5) is 16.0. The second-order valence-electron chi connectivity index (χ2n) is 9.10. The van der Waals surface area contributed by atoms with E-state index in [0.717, 1.165) is 11.1 Å². The van der Waals surface area contributed by atoms with Gasteiger partial charge in [0, 0.05) is 29.9 Å². The van der Waals surface area contributed by atoms with E-state index in [-0.39, 0.29) is 30.2 Å². The summed E-state index contributed by atoms with van der Waals surface area (Å²) in [5.41, 5.74) is 6.06. The lowest BCUT2D eigenvalue weighted by molar-refractivity contribution is -0.116. The lowest BCUT2D eigenvalue weighted by Gasteiger charge is -2.32. The number of aliphatic hydroxyl groups excluding tert-OH is 1. The van der Waals surface area contributed by atoms with Gasteiger partial charge in [-0.3, -0.25) is 9.78 Å². The van der Waals surface area contributed by atoms with E-state index in [1.807, 2.05) is 25.2 Å². The van der Waals surface area contributed by atoms with Crippen LogP contribution in [0.25, 0.3) is 0 Å². The molecule has 0 aromatic carbocycles. The smallest absolute Gasteiger partial charge is 0.244 e. The number of nitrogens with one attached hydrogen (secondary N) is 1. The van der Waals surface area contributed by atoms with E-state index in [1.165, 1.54) is 48.9 Å². The Bertz CT molecular complexity index is 979. The van der Waals surface area contributed by atoms with Gasteiger partial charge in [0.15, 0.2) is 0 Å². The zero-order valence-electron chi connectivity index (χ0n) is 19.9. The first-order chi connectivity index (χ1) is 15.1. The summed E-state index contributed by atoms with van der Waals surface area (Å²) in [7, 11) is 0. The fraction of sp³-hybridized carbons (Fsp3) is 0.407. The average Bonchev–Trinajstić information content (AvgIpc) is 2.71. The Morgan fingerprint density at radius 1 is 1.22 bits per heavy atom. The Morgan fingerprint density at radius 2 is 1.97 bits per heavy atom. The van der Waals surface area contributed by atoms with Crippen LogP contribution in [0.1, 0.15) is 65.0 Å². The Morgan fingerprint density at radius 3 is 2.66 bits per heavy atom.